The van der Waals surface area contributed by atoms with Crippen LogP contribution in [0.15, 0.2) is 48.5 Å². The summed E-state index contributed by atoms with van der Waals surface area (Å²) >= 11 is 0. The zero-order valence-corrected chi connectivity index (χ0v) is 18.1. The Kier molecular flexibility index (Phi) is 8.67. The minimum absolute atomic E-state index is 0.0216. The van der Waals surface area contributed by atoms with Gasteiger partial charge in [-0.15, -0.1) is 0 Å². The Labute approximate surface area is 173 Å². The van der Waals surface area contributed by atoms with Gasteiger partial charge in [-0.3, -0.25) is 4.79 Å². The molecule has 0 saturated carbocycles. The van der Waals surface area contributed by atoms with E-state index in [-0.39, 0.29) is 17.7 Å². The van der Waals surface area contributed by atoms with Crippen LogP contribution < -0.4 is 14.8 Å². The van der Waals surface area contributed by atoms with Crippen LogP contribution in [-0.2, 0) is 33.5 Å². The van der Waals surface area contributed by atoms with Crippen molar-refractivity contribution < 1.29 is 17.9 Å². The van der Waals surface area contributed by atoms with E-state index in [1.54, 1.807) is 26.0 Å². The van der Waals surface area contributed by atoms with Crippen LogP contribution >= 0.6 is 0 Å². The van der Waals surface area contributed by atoms with Gasteiger partial charge in [0.1, 0.15) is 5.75 Å². The Morgan fingerprint density at radius 1 is 0.966 bits per heavy atom. The fourth-order valence-corrected chi connectivity index (χ4v) is 4.27. The molecular formula is C22H30N2O4S. The highest BCUT2D eigenvalue weighted by atomic mass is 32.2. The molecule has 0 radical (unpaired) electrons. The summed E-state index contributed by atoms with van der Waals surface area (Å²) in [7, 11) is -3.34. The Bertz CT molecular complexity index is 876. The Morgan fingerprint density at radius 3 is 2.14 bits per heavy atom. The van der Waals surface area contributed by atoms with Gasteiger partial charge in [0.25, 0.3) is 0 Å². The third-order valence-corrected chi connectivity index (χ3v) is 5.70. The average Bonchev–Trinajstić information content (AvgIpc) is 2.66. The SMILES string of the molecule is CCOc1ccc(CCC(=O)NCc2ccc(CS(=O)(=O)NC(C)C)cc2)cc1. The van der Waals surface area contributed by atoms with Gasteiger partial charge in [0.15, 0.2) is 0 Å². The largest absolute Gasteiger partial charge is 0.494 e. The van der Waals surface area contributed by atoms with Crippen LogP contribution in [0.3, 0.4) is 0 Å². The summed E-state index contributed by atoms with van der Waals surface area (Å²) in [5.41, 5.74) is 2.73. The summed E-state index contributed by atoms with van der Waals surface area (Å²) in [4.78, 5) is 12.1. The van der Waals surface area contributed by atoms with E-state index in [2.05, 4.69) is 10.0 Å². The van der Waals surface area contributed by atoms with Crippen LogP contribution in [0.25, 0.3) is 0 Å². The lowest BCUT2D eigenvalue weighted by Crippen LogP contribution is -2.31. The minimum atomic E-state index is -3.34. The second-order valence-electron chi connectivity index (χ2n) is 7.20. The number of ether oxygens (including phenoxy) is 1. The smallest absolute Gasteiger partial charge is 0.220 e. The van der Waals surface area contributed by atoms with Crippen molar-refractivity contribution in [2.75, 3.05) is 6.61 Å². The number of benzene rings is 2. The number of sulfonamides is 1. The van der Waals surface area contributed by atoms with E-state index in [1.807, 2.05) is 43.3 Å². The zero-order valence-electron chi connectivity index (χ0n) is 17.3. The molecule has 0 aromatic heterocycles. The van der Waals surface area contributed by atoms with E-state index in [4.69, 9.17) is 4.74 Å². The number of hydrogen-bond donors (Lipinski definition) is 2. The molecule has 0 aliphatic heterocycles. The Morgan fingerprint density at radius 2 is 1.55 bits per heavy atom. The number of nitrogens with one attached hydrogen (secondary N) is 2. The van der Waals surface area contributed by atoms with Crippen molar-refractivity contribution in [2.24, 2.45) is 0 Å². The molecule has 2 aromatic rings. The van der Waals surface area contributed by atoms with Crippen molar-refractivity contribution in [3.63, 3.8) is 0 Å². The summed E-state index contributed by atoms with van der Waals surface area (Å²) in [5, 5.41) is 2.90. The zero-order chi connectivity index (χ0) is 21.3. The molecule has 0 saturated heterocycles. The molecule has 1 amide bonds. The van der Waals surface area contributed by atoms with E-state index in [9.17, 15) is 13.2 Å². The van der Waals surface area contributed by atoms with Gasteiger partial charge in [0, 0.05) is 19.0 Å². The van der Waals surface area contributed by atoms with Gasteiger partial charge in [-0.1, -0.05) is 36.4 Å². The summed E-state index contributed by atoms with van der Waals surface area (Å²) in [6.07, 6.45) is 1.07. The molecule has 6 nitrogen and oxygen atoms in total. The number of aryl methyl sites for hydroxylation is 1. The standard InChI is InChI=1S/C22H30N2O4S/c1-4-28-21-12-9-18(10-13-21)11-14-22(25)23-15-19-5-7-20(8-6-19)16-29(26,27)24-17(2)3/h5-10,12-13,17,24H,4,11,14-16H2,1-3H3,(H,23,25). The molecule has 0 aliphatic rings. The molecule has 7 heteroatoms. The van der Waals surface area contributed by atoms with Crippen LogP contribution in [0.4, 0.5) is 0 Å². The molecule has 0 heterocycles. The first kappa shape index (κ1) is 22.9. The fourth-order valence-electron chi connectivity index (χ4n) is 2.84. The highest BCUT2D eigenvalue weighted by molar-refractivity contribution is 7.88. The van der Waals surface area contributed by atoms with Crippen molar-refractivity contribution in [2.45, 2.75) is 52.0 Å². The van der Waals surface area contributed by atoms with E-state index >= 15 is 0 Å². The lowest BCUT2D eigenvalue weighted by molar-refractivity contribution is -0.121. The predicted molar refractivity (Wildman–Crippen MR) is 115 cm³/mol. The highest BCUT2D eigenvalue weighted by Gasteiger charge is 2.12. The van der Waals surface area contributed by atoms with E-state index in [0.29, 0.717) is 31.6 Å². The maximum atomic E-state index is 12.1. The van der Waals surface area contributed by atoms with Crippen molar-refractivity contribution in [3.8, 4) is 5.75 Å². The second kappa shape index (κ2) is 11.0. The first-order valence-electron chi connectivity index (χ1n) is 9.83. The summed E-state index contributed by atoms with van der Waals surface area (Å²) in [6, 6.07) is 14.9. The van der Waals surface area contributed by atoms with Crippen LogP contribution in [0, 0.1) is 0 Å². The van der Waals surface area contributed by atoms with Gasteiger partial charge in [-0.05, 0) is 56.0 Å². The quantitative estimate of drug-likeness (QED) is 0.587. The summed E-state index contributed by atoms with van der Waals surface area (Å²) in [6.45, 7) is 6.57. The van der Waals surface area contributed by atoms with Gasteiger partial charge in [-0.2, -0.15) is 0 Å². The predicted octanol–water partition coefficient (Wildman–Crippen LogP) is 3.16. The van der Waals surface area contributed by atoms with Crippen molar-refractivity contribution >= 4 is 15.9 Å². The van der Waals surface area contributed by atoms with Crippen LogP contribution in [0.1, 0.15) is 43.9 Å². The lowest BCUT2D eigenvalue weighted by Gasteiger charge is -2.10. The van der Waals surface area contributed by atoms with Gasteiger partial charge in [-0.25, -0.2) is 13.1 Å². The number of carbonyl (C=O) groups is 1. The molecular weight excluding hydrogens is 388 g/mol. The molecule has 2 aromatic carbocycles. The Balaban J connectivity index is 1.77. The van der Waals surface area contributed by atoms with Crippen LogP contribution in [-0.4, -0.2) is 27.0 Å². The maximum Gasteiger partial charge on any atom is 0.220 e. The molecule has 0 fully saturated rings. The van der Waals surface area contributed by atoms with Gasteiger partial charge >= 0.3 is 0 Å². The van der Waals surface area contributed by atoms with E-state index in [1.165, 1.54) is 0 Å². The minimum Gasteiger partial charge on any atom is -0.494 e. The van der Waals surface area contributed by atoms with Crippen molar-refractivity contribution in [3.05, 3.63) is 65.2 Å². The third kappa shape index (κ3) is 8.66. The maximum absolute atomic E-state index is 12.1. The number of rotatable bonds is 11. The first-order valence-corrected chi connectivity index (χ1v) is 11.5. The van der Waals surface area contributed by atoms with Crippen molar-refractivity contribution in [1.29, 1.82) is 0 Å². The van der Waals surface area contributed by atoms with Crippen molar-refractivity contribution in [1.82, 2.24) is 10.0 Å². The highest BCUT2D eigenvalue weighted by Crippen LogP contribution is 2.13. The monoisotopic (exact) mass is 418 g/mol. The van der Waals surface area contributed by atoms with E-state index in [0.717, 1.165) is 16.9 Å². The second-order valence-corrected chi connectivity index (χ2v) is 8.96. The molecule has 2 N–H and O–H groups in total. The fraction of sp³-hybridized carbons (Fsp3) is 0.409. The summed E-state index contributed by atoms with van der Waals surface area (Å²) in [5.74, 6) is 0.753. The normalized spacial score (nSPS) is 11.4. The van der Waals surface area contributed by atoms with Gasteiger partial charge in [0.2, 0.25) is 15.9 Å². The third-order valence-electron chi connectivity index (χ3n) is 4.16. The molecule has 0 aliphatic carbocycles. The number of amides is 1. The summed E-state index contributed by atoms with van der Waals surface area (Å²) < 4.78 is 31.9. The van der Waals surface area contributed by atoms with Gasteiger partial charge < -0.3 is 10.1 Å². The lowest BCUT2D eigenvalue weighted by atomic mass is 10.1. The van der Waals surface area contributed by atoms with E-state index < -0.39 is 10.0 Å². The van der Waals surface area contributed by atoms with Gasteiger partial charge in [0.05, 0.1) is 12.4 Å². The molecule has 0 atom stereocenters. The average molecular weight is 419 g/mol. The molecule has 0 unspecified atom stereocenters. The molecule has 0 spiro atoms. The molecule has 0 bridgehead atoms. The molecule has 29 heavy (non-hydrogen) atoms. The topological polar surface area (TPSA) is 84.5 Å². The molecule has 158 valence electrons. The first-order chi connectivity index (χ1) is 13.8. The van der Waals surface area contributed by atoms with Crippen LogP contribution in [0.5, 0.6) is 5.75 Å². The number of carbonyl (C=O) groups excluding carboxylic acids is 1. The molecule has 2 rings (SSSR count). The number of hydrogen-bond acceptors (Lipinski definition) is 4. The van der Waals surface area contributed by atoms with Crippen LogP contribution in [0.2, 0.25) is 0 Å². The Hall–Kier alpha value is -2.38.